The van der Waals surface area contributed by atoms with Crippen molar-refractivity contribution in [2.45, 2.75) is 6.04 Å². The monoisotopic (exact) mass is 338 g/mol. The van der Waals surface area contributed by atoms with E-state index in [1.54, 1.807) is 24.4 Å². The van der Waals surface area contributed by atoms with E-state index in [2.05, 4.69) is 10.3 Å². The van der Waals surface area contributed by atoms with Crippen LogP contribution >= 0.6 is 23.2 Å². The summed E-state index contributed by atoms with van der Waals surface area (Å²) in [4.78, 5) is 19.1. The summed E-state index contributed by atoms with van der Waals surface area (Å²) in [7, 11) is 1.93. The minimum Gasteiger partial charge on any atom is -0.336 e. The normalized spacial score (nSPS) is 18.5. The van der Waals surface area contributed by atoms with Gasteiger partial charge in [0.2, 0.25) is 0 Å². The molecule has 1 aromatic heterocycles. The lowest BCUT2D eigenvalue weighted by molar-refractivity contribution is 0.0621. The summed E-state index contributed by atoms with van der Waals surface area (Å²) in [5.74, 6) is 0.752. The maximum Gasteiger partial charge on any atom is 0.256 e. The highest BCUT2D eigenvalue weighted by Crippen LogP contribution is 2.27. The first-order chi connectivity index (χ1) is 10.6. The third-order valence-corrected chi connectivity index (χ3v) is 4.37. The van der Waals surface area contributed by atoms with Crippen molar-refractivity contribution in [2.24, 2.45) is 7.05 Å². The van der Waals surface area contributed by atoms with Crippen LogP contribution in [0.15, 0.2) is 30.6 Å². The molecule has 0 aliphatic carbocycles. The van der Waals surface area contributed by atoms with E-state index in [4.69, 9.17) is 23.2 Å². The molecule has 0 saturated carbocycles. The van der Waals surface area contributed by atoms with Crippen molar-refractivity contribution in [3.8, 4) is 0 Å². The average Bonchev–Trinajstić information content (AvgIpc) is 2.93. The number of hydrogen-bond donors (Lipinski definition) is 1. The zero-order valence-electron chi connectivity index (χ0n) is 12.1. The van der Waals surface area contributed by atoms with Crippen LogP contribution in [0, 0.1) is 0 Å². The minimum atomic E-state index is -0.118. The second-order valence-corrected chi connectivity index (χ2v) is 6.08. The number of amides is 1. The molecule has 1 aromatic carbocycles. The minimum absolute atomic E-state index is 0.101. The van der Waals surface area contributed by atoms with Crippen LogP contribution in [-0.2, 0) is 7.05 Å². The SMILES string of the molecule is Cn1ccnc1C1CNCCN1C(=O)c1ccc(Cl)cc1Cl. The van der Waals surface area contributed by atoms with Gasteiger partial charge in [0.05, 0.1) is 10.6 Å². The second-order valence-electron chi connectivity index (χ2n) is 5.24. The Bertz CT molecular complexity index is 701. The number of nitrogens with zero attached hydrogens (tertiary/aromatic N) is 3. The second kappa shape index (κ2) is 6.28. The third kappa shape index (κ3) is 2.84. The van der Waals surface area contributed by atoms with Gasteiger partial charge in [-0.2, -0.15) is 0 Å². The van der Waals surface area contributed by atoms with Crippen molar-refractivity contribution in [3.63, 3.8) is 0 Å². The molecule has 5 nitrogen and oxygen atoms in total. The Balaban J connectivity index is 1.93. The molecular formula is C15H16Cl2N4O. The van der Waals surface area contributed by atoms with Crippen LogP contribution in [0.5, 0.6) is 0 Å². The van der Waals surface area contributed by atoms with E-state index in [9.17, 15) is 4.79 Å². The fourth-order valence-corrected chi connectivity index (χ4v) is 3.18. The van der Waals surface area contributed by atoms with Gasteiger partial charge in [-0.05, 0) is 18.2 Å². The number of halogens is 2. The number of aryl methyl sites for hydroxylation is 1. The molecule has 1 aliphatic rings. The molecule has 1 fully saturated rings. The number of nitrogens with one attached hydrogen (secondary N) is 1. The van der Waals surface area contributed by atoms with E-state index >= 15 is 0 Å². The van der Waals surface area contributed by atoms with Crippen LogP contribution in [0.1, 0.15) is 22.2 Å². The number of hydrogen-bond acceptors (Lipinski definition) is 3. The molecule has 1 N–H and O–H groups in total. The third-order valence-electron chi connectivity index (χ3n) is 3.82. The molecule has 1 unspecified atom stereocenters. The van der Waals surface area contributed by atoms with Crippen LogP contribution in [-0.4, -0.2) is 40.0 Å². The quantitative estimate of drug-likeness (QED) is 0.915. The Labute approximate surface area is 138 Å². The lowest BCUT2D eigenvalue weighted by atomic mass is 10.1. The van der Waals surface area contributed by atoms with Crippen LogP contribution in [0.2, 0.25) is 10.0 Å². The number of piperazine rings is 1. The molecule has 3 rings (SSSR count). The van der Waals surface area contributed by atoms with Gasteiger partial charge in [-0.15, -0.1) is 0 Å². The Kier molecular flexibility index (Phi) is 4.38. The van der Waals surface area contributed by atoms with Crippen molar-refractivity contribution < 1.29 is 4.79 Å². The van der Waals surface area contributed by atoms with Crippen molar-refractivity contribution in [1.29, 1.82) is 0 Å². The van der Waals surface area contributed by atoms with Crippen molar-refractivity contribution >= 4 is 29.1 Å². The topological polar surface area (TPSA) is 50.2 Å². The van der Waals surface area contributed by atoms with Gasteiger partial charge in [0, 0.05) is 44.1 Å². The van der Waals surface area contributed by atoms with E-state index in [-0.39, 0.29) is 11.9 Å². The van der Waals surface area contributed by atoms with Crippen molar-refractivity contribution in [3.05, 3.63) is 52.0 Å². The molecule has 22 heavy (non-hydrogen) atoms. The number of aromatic nitrogens is 2. The largest absolute Gasteiger partial charge is 0.336 e. The van der Waals surface area contributed by atoms with Gasteiger partial charge in [-0.25, -0.2) is 4.98 Å². The molecule has 0 spiro atoms. The number of rotatable bonds is 2. The Hall–Kier alpha value is -1.56. The Morgan fingerprint density at radius 3 is 2.91 bits per heavy atom. The Morgan fingerprint density at radius 1 is 1.41 bits per heavy atom. The Morgan fingerprint density at radius 2 is 2.23 bits per heavy atom. The first kappa shape index (κ1) is 15.3. The first-order valence-corrected chi connectivity index (χ1v) is 7.77. The van der Waals surface area contributed by atoms with Gasteiger partial charge in [0.25, 0.3) is 5.91 Å². The fourth-order valence-electron chi connectivity index (χ4n) is 2.69. The molecule has 1 atom stereocenters. The van der Waals surface area contributed by atoms with Gasteiger partial charge >= 0.3 is 0 Å². The number of carbonyl (C=O) groups excluding carboxylic acids is 1. The van der Waals surface area contributed by atoms with Gasteiger partial charge in [-0.3, -0.25) is 4.79 Å². The zero-order valence-corrected chi connectivity index (χ0v) is 13.6. The molecule has 0 bridgehead atoms. The summed E-state index contributed by atoms with van der Waals surface area (Å²) < 4.78 is 1.93. The summed E-state index contributed by atoms with van der Waals surface area (Å²) in [6.45, 7) is 2.02. The van der Waals surface area contributed by atoms with Crippen LogP contribution < -0.4 is 5.32 Å². The number of carbonyl (C=O) groups is 1. The molecule has 1 aliphatic heterocycles. The summed E-state index contributed by atoms with van der Waals surface area (Å²) >= 11 is 12.1. The lowest BCUT2D eigenvalue weighted by Crippen LogP contribution is -2.49. The maximum atomic E-state index is 12.9. The average molecular weight is 339 g/mol. The highest BCUT2D eigenvalue weighted by atomic mass is 35.5. The predicted octanol–water partition coefficient (Wildman–Crippen LogP) is 2.51. The number of benzene rings is 1. The van der Waals surface area contributed by atoms with Crippen molar-refractivity contribution in [1.82, 2.24) is 19.8 Å². The van der Waals surface area contributed by atoms with Crippen molar-refractivity contribution in [2.75, 3.05) is 19.6 Å². The summed E-state index contributed by atoms with van der Waals surface area (Å²) in [6, 6.07) is 4.82. The highest BCUT2D eigenvalue weighted by Gasteiger charge is 2.31. The standard InChI is InChI=1S/C15H16Cl2N4O/c1-20-6-5-19-14(20)13-9-18-4-7-21(13)15(22)11-3-2-10(16)8-12(11)17/h2-3,5-6,8,13,18H,4,7,9H2,1H3. The van der Waals surface area contributed by atoms with E-state index in [1.165, 1.54) is 0 Å². The zero-order chi connectivity index (χ0) is 15.7. The molecular weight excluding hydrogens is 323 g/mol. The van der Waals surface area contributed by atoms with E-state index in [0.717, 1.165) is 12.4 Å². The molecule has 2 heterocycles. The highest BCUT2D eigenvalue weighted by molar-refractivity contribution is 6.36. The number of imidazole rings is 1. The van der Waals surface area contributed by atoms with Gasteiger partial charge in [-0.1, -0.05) is 23.2 Å². The molecule has 1 amide bonds. The summed E-state index contributed by atoms with van der Waals surface area (Å²) in [6.07, 6.45) is 3.61. The van der Waals surface area contributed by atoms with E-state index < -0.39 is 0 Å². The lowest BCUT2D eigenvalue weighted by Gasteiger charge is -2.36. The van der Waals surface area contributed by atoms with Gasteiger partial charge < -0.3 is 14.8 Å². The summed E-state index contributed by atoms with van der Waals surface area (Å²) in [5, 5.41) is 4.20. The molecule has 1 saturated heterocycles. The van der Waals surface area contributed by atoms with Crippen LogP contribution in [0.25, 0.3) is 0 Å². The maximum absolute atomic E-state index is 12.9. The van der Waals surface area contributed by atoms with E-state index in [0.29, 0.717) is 28.7 Å². The van der Waals surface area contributed by atoms with Crippen LogP contribution in [0.3, 0.4) is 0 Å². The van der Waals surface area contributed by atoms with Gasteiger partial charge in [0.1, 0.15) is 11.9 Å². The molecule has 0 radical (unpaired) electrons. The van der Waals surface area contributed by atoms with Gasteiger partial charge in [0.15, 0.2) is 0 Å². The molecule has 2 aromatic rings. The smallest absolute Gasteiger partial charge is 0.256 e. The summed E-state index contributed by atoms with van der Waals surface area (Å²) in [5.41, 5.74) is 0.465. The van der Waals surface area contributed by atoms with Crippen LogP contribution in [0.4, 0.5) is 0 Å². The molecule has 116 valence electrons. The predicted molar refractivity (Wildman–Crippen MR) is 86.3 cm³/mol. The molecule has 7 heteroatoms. The first-order valence-electron chi connectivity index (χ1n) is 7.02. The van der Waals surface area contributed by atoms with E-state index in [1.807, 2.05) is 22.7 Å². The fraction of sp³-hybridized carbons (Fsp3) is 0.333.